The van der Waals surface area contributed by atoms with Gasteiger partial charge in [0.15, 0.2) is 0 Å². The second-order valence-corrected chi connectivity index (χ2v) is 5.18. The predicted molar refractivity (Wildman–Crippen MR) is 77.1 cm³/mol. The molecule has 1 unspecified atom stereocenters. The minimum absolute atomic E-state index is 0.0576. The molecule has 21 heavy (non-hydrogen) atoms. The molecule has 0 saturated heterocycles. The van der Waals surface area contributed by atoms with Crippen LogP contribution in [0.5, 0.6) is 5.75 Å². The first-order valence-corrected chi connectivity index (χ1v) is 6.87. The van der Waals surface area contributed by atoms with Gasteiger partial charge >= 0.3 is 0 Å². The fourth-order valence-corrected chi connectivity index (χ4v) is 2.70. The van der Waals surface area contributed by atoms with E-state index in [9.17, 15) is 4.39 Å². The molecule has 3 rings (SSSR count). The first-order valence-electron chi connectivity index (χ1n) is 6.87. The van der Waals surface area contributed by atoms with E-state index >= 15 is 0 Å². The highest BCUT2D eigenvalue weighted by molar-refractivity contribution is 5.45. The van der Waals surface area contributed by atoms with Crippen LogP contribution in [0, 0.1) is 17.1 Å². The smallest absolute Gasteiger partial charge is 0.129 e. The monoisotopic (exact) mass is 282 g/mol. The molecule has 1 atom stereocenters. The molecule has 4 heteroatoms. The number of hydrogen-bond acceptors (Lipinski definition) is 3. The molecule has 3 nitrogen and oxygen atoms in total. The van der Waals surface area contributed by atoms with Gasteiger partial charge in [0.05, 0.1) is 11.6 Å². The maximum atomic E-state index is 13.7. The van der Waals surface area contributed by atoms with Crippen LogP contribution in [-0.4, -0.2) is 0 Å². The highest BCUT2D eigenvalue weighted by atomic mass is 19.1. The van der Waals surface area contributed by atoms with E-state index in [1.165, 1.54) is 18.2 Å². The summed E-state index contributed by atoms with van der Waals surface area (Å²) in [5.41, 5.74) is 9.07. The van der Waals surface area contributed by atoms with Gasteiger partial charge in [-0.2, -0.15) is 5.26 Å². The molecule has 0 fully saturated rings. The predicted octanol–water partition coefficient (Wildman–Crippen LogP) is 3.22. The van der Waals surface area contributed by atoms with Crippen molar-refractivity contribution in [1.82, 2.24) is 0 Å². The fraction of sp³-hybridized carbons (Fsp3) is 0.235. The number of nitrogens with zero attached hydrogens (tertiary/aromatic N) is 1. The van der Waals surface area contributed by atoms with Gasteiger partial charge in [-0.3, -0.25) is 0 Å². The summed E-state index contributed by atoms with van der Waals surface area (Å²) in [4.78, 5) is 0. The molecule has 0 amide bonds. The number of halogens is 1. The summed E-state index contributed by atoms with van der Waals surface area (Å²) in [5, 5.41) is 8.87. The quantitative estimate of drug-likeness (QED) is 0.940. The van der Waals surface area contributed by atoms with Crippen LogP contribution in [-0.2, 0) is 13.0 Å². The molecule has 2 N–H and O–H groups in total. The van der Waals surface area contributed by atoms with Gasteiger partial charge in [0.1, 0.15) is 18.2 Å². The van der Waals surface area contributed by atoms with Crippen molar-refractivity contribution in [3.8, 4) is 11.8 Å². The number of ether oxygens (including phenoxy) is 1. The molecule has 0 radical (unpaired) electrons. The molecule has 2 aromatic carbocycles. The lowest BCUT2D eigenvalue weighted by atomic mass is 10.1. The Hall–Kier alpha value is -2.38. The zero-order chi connectivity index (χ0) is 14.8. The zero-order valence-corrected chi connectivity index (χ0v) is 11.5. The van der Waals surface area contributed by atoms with Gasteiger partial charge in [0.2, 0.25) is 0 Å². The van der Waals surface area contributed by atoms with Crippen molar-refractivity contribution in [1.29, 1.82) is 5.26 Å². The first kappa shape index (κ1) is 13.6. The van der Waals surface area contributed by atoms with Crippen LogP contribution in [0.2, 0.25) is 0 Å². The highest BCUT2D eigenvalue weighted by Crippen LogP contribution is 2.35. The number of nitriles is 1. The third-order valence-electron chi connectivity index (χ3n) is 3.83. The van der Waals surface area contributed by atoms with Crippen LogP contribution in [0.3, 0.4) is 0 Å². The van der Waals surface area contributed by atoms with Crippen LogP contribution in [0.15, 0.2) is 36.4 Å². The Bertz CT molecular complexity index is 721. The maximum absolute atomic E-state index is 13.7. The lowest BCUT2D eigenvalue weighted by Crippen LogP contribution is -2.05. The number of fused-ring (bicyclic) bond motifs is 1. The van der Waals surface area contributed by atoms with E-state index in [1.807, 2.05) is 24.3 Å². The van der Waals surface area contributed by atoms with Crippen LogP contribution in [0.1, 0.15) is 34.7 Å². The Kier molecular flexibility index (Phi) is 3.59. The lowest BCUT2D eigenvalue weighted by molar-refractivity contribution is 0.297. The first-order chi connectivity index (χ1) is 10.2. The minimum Gasteiger partial charge on any atom is -0.489 e. The van der Waals surface area contributed by atoms with Crippen molar-refractivity contribution in [3.63, 3.8) is 0 Å². The Balaban J connectivity index is 1.82. The van der Waals surface area contributed by atoms with Crippen LogP contribution < -0.4 is 10.5 Å². The van der Waals surface area contributed by atoms with Crippen LogP contribution in [0.4, 0.5) is 4.39 Å². The number of rotatable bonds is 3. The topological polar surface area (TPSA) is 59.0 Å². The summed E-state index contributed by atoms with van der Waals surface area (Å²) in [6.07, 6.45) is 1.79. The molecule has 0 heterocycles. The van der Waals surface area contributed by atoms with E-state index in [0.717, 1.165) is 29.7 Å². The van der Waals surface area contributed by atoms with Crippen molar-refractivity contribution >= 4 is 0 Å². The molecule has 2 aromatic rings. The number of hydrogen-bond donors (Lipinski definition) is 1. The van der Waals surface area contributed by atoms with Crippen LogP contribution in [0.25, 0.3) is 0 Å². The molecule has 106 valence electrons. The van der Waals surface area contributed by atoms with E-state index < -0.39 is 0 Å². The second kappa shape index (κ2) is 5.55. The van der Waals surface area contributed by atoms with Crippen LogP contribution >= 0.6 is 0 Å². The van der Waals surface area contributed by atoms with Gasteiger partial charge in [0, 0.05) is 11.6 Å². The van der Waals surface area contributed by atoms with E-state index in [2.05, 4.69) is 0 Å². The highest BCUT2D eigenvalue weighted by Gasteiger charge is 2.22. The molecule has 1 aliphatic rings. The molecule has 0 saturated carbocycles. The SMILES string of the molecule is N#Cc1ccc(F)c(COc2cccc3c2CCC3N)c1. The Morgan fingerprint density at radius 3 is 3.00 bits per heavy atom. The second-order valence-electron chi connectivity index (χ2n) is 5.18. The van der Waals surface area contributed by atoms with E-state index in [4.69, 9.17) is 15.7 Å². The van der Waals surface area contributed by atoms with Gasteiger partial charge in [0.25, 0.3) is 0 Å². The summed E-state index contributed by atoms with van der Waals surface area (Å²) < 4.78 is 19.5. The summed E-state index contributed by atoms with van der Waals surface area (Å²) in [6.45, 7) is 0.104. The lowest BCUT2D eigenvalue weighted by Gasteiger charge is -2.12. The van der Waals surface area contributed by atoms with Crippen molar-refractivity contribution < 1.29 is 9.13 Å². The molecule has 0 bridgehead atoms. The number of nitrogens with two attached hydrogens (primary N) is 1. The summed E-state index contributed by atoms with van der Waals surface area (Å²) >= 11 is 0. The van der Waals surface area contributed by atoms with E-state index in [-0.39, 0.29) is 18.5 Å². The summed E-state index contributed by atoms with van der Waals surface area (Å²) in [6, 6.07) is 12.1. The van der Waals surface area contributed by atoms with Crippen molar-refractivity contribution in [3.05, 3.63) is 64.5 Å². The molecule has 0 aliphatic heterocycles. The minimum atomic E-state index is -0.363. The van der Waals surface area contributed by atoms with Crippen molar-refractivity contribution in [2.75, 3.05) is 0 Å². The average Bonchev–Trinajstić information content (AvgIpc) is 2.89. The third kappa shape index (κ3) is 2.61. The Labute approximate surface area is 122 Å². The molecule has 1 aliphatic carbocycles. The van der Waals surface area contributed by atoms with Gasteiger partial charge in [-0.05, 0) is 48.2 Å². The average molecular weight is 282 g/mol. The van der Waals surface area contributed by atoms with Crippen molar-refractivity contribution in [2.24, 2.45) is 5.73 Å². The van der Waals surface area contributed by atoms with Gasteiger partial charge < -0.3 is 10.5 Å². The zero-order valence-electron chi connectivity index (χ0n) is 11.5. The Morgan fingerprint density at radius 1 is 1.33 bits per heavy atom. The standard InChI is InChI=1S/C17H15FN2O/c18-15-6-4-11(9-19)8-12(15)10-21-17-3-1-2-13-14(17)5-7-16(13)20/h1-4,6,8,16H,5,7,10,20H2. The Morgan fingerprint density at radius 2 is 2.19 bits per heavy atom. The summed E-state index contributed by atoms with van der Waals surface area (Å²) in [7, 11) is 0. The number of benzene rings is 2. The fourth-order valence-electron chi connectivity index (χ4n) is 2.70. The normalized spacial score (nSPS) is 16.3. The largest absolute Gasteiger partial charge is 0.489 e. The molecular weight excluding hydrogens is 267 g/mol. The third-order valence-corrected chi connectivity index (χ3v) is 3.83. The summed E-state index contributed by atoms with van der Waals surface area (Å²) in [5.74, 6) is 0.389. The van der Waals surface area contributed by atoms with E-state index in [1.54, 1.807) is 0 Å². The van der Waals surface area contributed by atoms with Gasteiger partial charge in [-0.1, -0.05) is 12.1 Å². The van der Waals surface area contributed by atoms with E-state index in [0.29, 0.717) is 11.1 Å². The van der Waals surface area contributed by atoms with Gasteiger partial charge in [-0.25, -0.2) is 4.39 Å². The molecule has 0 aromatic heterocycles. The van der Waals surface area contributed by atoms with Crippen molar-refractivity contribution in [2.45, 2.75) is 25.5 Å². The maximum Gasteiger partial charge on any atom is 0.129 e. The molecule has 0 spiro atoms. The van der Waals surface area contributed by atoms with Gasteiger partial charge in [-0.15, -0.1) is 0 Å². The molecular formula is C17H15FN2O.